The van der Waals surface area contributed by atoms with E-state index in [0.29, 0.717) is 6.54 Å². The highest BCUT2D eigenvalue weighted by Gasteiger charge is 2.17. The summed E-state index contributed by atoms with van der Waals surface area (Å²) in [6.07, 6.45) is 0. The number of hydrogen-bond acceptors (Lipinski definition) is 5. The summed E-state index contributed by atoms with van der Waals surface area (Å²) in [6, 6.07) is 12.0. The van der Waals surface area contributed by atoms with E-state index < -0.39 is 35.1 Å². The molecule has 7 nitrogen and oxygen atoms in total. The maximum atomic E-state index is 12.2. The summed E-state index contributed by atoms with van der Waals surface area (Å²) in [4.78, 5) is 22.7. The second-order valence-electron chi connectivity index (χ2n) is 4.95. The Hall–Kier alpha value is -2.45. The summed E-state index contributed by atoms with van der Waals surface area (Å²) in [5, 5.41) is 4.15. The lowest BCUT2D eigenvalue weighted by Crippen LogP contribution is -2.33. The van der Waals surface area contributed by atoms with Crippen molar-refractivity contribution in [3.8, 4) is 0 Å². The molecule has 0 fully saturated rings. The summed E-state index contributed by atoms with van der Waals surface area (Å²) >= 11 is 0. The van der Waals surface area contributed by atoms with Gasteiger partial charge in [0.05, 0.1) is 4.90 Å². The normalized spacial score (nSPS) is 11.2. The lowest BCUT2D eigenvalue weighted by atomic mass is 10.1. The third kappa shape index (κ3) is 4.77. The van der Waals surface area contributed by atoms with Gasteiger partial charge in [-0.05, 0) is 29.8 Å². The zero-order chi connectivity index (χ0) is 17.6. The molecular weight excluding hydrogens is 332 g/mol. The molecule has 2 rings (SSSR count). The molecule has 0 radical (unpaired) electrons. The van der Waals surface area contributed by atoms with Gasteiger partial charge >= 0.3 is 5.97 Å². The summed E-state index contributed by atoms with van der Waals surface area (Å²) < 4.78 is 31.3. The molecule has 128 valence electrons. The minimum Gasteiger partial charge on any atom is -0.455 e. The van der Waals surface area contributed by atoms with E-state index in [4.69, 9.17) is 0 Å². The molecule has 8 heteroatoms. The van der Waals surface area contributed by atoms with Crippen LogP contribution in [0.5, 0.6) is 0 Å². The van der Waals surface area contributed by atoms with Crippen LogP contribution in [0.25, 0.3) is 10.8 Å². The van der Waals surface area contributed by atoms with Crippen molar-refractivity contribution in [2.75, 3.05) is 19.7 Å². The summed E-state index contributed by atoms with van der Waals surface area (Å²) in [5.74, 6) is -1.27. The largest absolute Gasteiger partial charge is 0.455 e. The minimum atomic E-state index is -3.85. The number of carbonyl (C=O) groups is 2. The first-order valence-electron chi connectivity index (χ1n) is 7.33. The van der Waals surface area contributed by atoms with Crippen LogP contribution < -0.4 is 10.0 Å². The van der Waals surface area contributed by atoms with Crippen molar-refractivity contribution in [1.29, 1.82) is 0 Å². The number of nitrogens with one attached hydrogen (secondary N) is 2. The molecule has 0 aliphatic carbocycles. The van der Waals surface area contributed by atoms with Gasteiger partial charge in [0.1, 0.15) is 6.54 Å². The van der Waals surface area contributed by atoms with E-state index in [1.165, 1.54) is 12.1 Å². The molecule has 0 spiro atoms. The van der Waals surface area contributed by atoms with Gasteiger partial charge < -0.3 is 10.1 Å². The highest BCUT2D eigenvalue weighted by Crippen LogP contribution is 2.18. The van der Waals surface area contributed by atoms with Crippen molar-refractivity contribution in [1.82, 2.24) is 10.0 Å². The molecule has 0 saturated carbocycles. The molecule has 0 aliphatic heterocycles. The number of amides is 1. The van der Waals surface area contributed by atoms with Crippen molar-refractivity contribution < 1.29 is 22.7 Å². The highest BCUT2D eigenvalue weighted by molar-refractivity contribution is 7.89. The molecule has 0 bridgehead atoms. The standard InChI is InChI=1S/C16H18N2O5S/c1-2-17-15(19)11-23-16(20)10-18-24(21,22)14-8-7-12-5-3-4-6-13(12)9-14/h3-9,18H,2,10-11H2,1H3,(H,17,19). The van der Waals surface area contributed by atoms with Crippen LogP contribution in [0.15, 0.2) is 47.4 Å². The van der Waals surface area contributed by atoms with Gasteiger partial charge in [-0.25, -0.2) is 8.42 Å². The van der Waals surface area contributed by atoms with Gasteiger partial charge in [0.2, 0.25) is 10.0 Å². The second-order valence-corrected chi connectivity index (χ2v) is 6.71. The fraction of sp³-hybridized carbons (Fsp3) is 0.250. The van der Waals surface area contributed by atoms with E-state index in [2.05, 4.69) is 14.8 Å². The Balaban J connectivity index is 1.97. The van der Waals surface area contributed by atoms with Gasteiger partial charge in [-0.2, -0.15) is 4.72 Å². The van der Waals surface area contributed by atoms with Gasteiger partial charge in [-0.3, -0.25) is 9.59 Å². The Morgan fingerprint density at radius 1 is 1.08 bits per heavy atom. The Labute approximate surface area is 140 Å². The van der Waals surface area contributed by atoms with Gasteiger partial charge in [0.25, 0.3) is 5.91 Å². The van der Waals surface area contributed by atoms with Crippen LogP contribution in [0.3, 0.4) is 0 Å². The van der Waals surface area contributed by atoms with Crippen molar-refractivity contribution >= 4 is 32.7 Å². The predicted octanol–water partition coefficient (Wildman–Crippen LogP) is 0.797. The maximum absolute atomic E-state index is 12.2. The number of likely N-dealkylation sites (N-methyl/N-ethyl adjacent to an activating group) is 1. The molecule has 0 atom stereocenters. The Kier molecular flexibility index (Phi) is 5.88. The van der Waals surface area contributed by atoms with Crippen LogP contribution in [0.2, 0.25) is 0 Å². The predicted molar refractivity (Wildman–Crippen MR) is 88.8 cm³/mol. The second kappa shape index (κ2) is 7.89. The number of benzene rings is 2. The number of fused-ring (bicyclic) bond motifs is 1. The molecular formula is C16H18N2O5S. The van der Waals surface area contributed by atoms with Crippen molar-refractivity contribution in [2.45, 2.75) is 11.8 Å². The number of rotatable bonds is 7. The fourth-order valence-corrected chi connectivity index (χ4v) is 3.02. The number of sulfonamides is 1. The van der Waals surface area contributed by atoms with Crippen LogP contribution in [0, 0.1) is 0 Å². The number of ether oxygens (including phenoxy) is 1. The zero-order valence-corrected chi connectivity index (χ0v) is 13.9. The average Bonchev–Trinajstić information content (AvgIpc) is 2.58. The SMILES string of the molecule is CCNC(=O)COC(=O)CNS(=O)(=O)c1ccc2ccccc2c1. The van der Waals surface area contributed by atoms with Gasteiger partial charge in [-0.15, -0.1) is 0 Å². The van der Waals surface area contributed by atoms with Crippen LogP contribution >= 0.6 is 0 Å². The smallest absolute Gasteiger partial charge is 0.321 e. The Bertz CT molecular complexity index is 848. The van der Waals surface area contributed by atoms with Crippen LogP contribution in [0.4, 0.5) is 0 Å². The van der Waals surface area contributed by atoms with E-state index in [1.54, 1.807) is 19.1 Å². The van der Waals surface area contributed by atoms with E-state index >= 15 is 0 Å². The van der Waals surface area contributed by atoms with Crippen LogP contribution in [0.1, 0.15) is 6.92 Å². The highest BCUT2D eigenvalue weighted by atomic mass is 32.2. The van der Waals surface area contributed by atoms with Gasteiger partial charge in [-0.1, -0.05) is 30.3 Å². The molecule has 0 heterocycles. The number of hydrogen-bond donors (Lipinski definition) is 2. The van der Waals surface area contributed by atoms with Crippen molar-refractivity contribution in [2.24, 2.45) is 0 Å². The van der Waals surface area contributed by atoms with E-state index in [9.17, 15) is 18.0 Å². The molecule has 1 amide bonds. The van der Waals surface area contributed by atoms with Crippen molar-refractivity contribution in [3.05, 3.63) is 42.5 Å². The third-order valence-electron chi connectivity index (χ3n) is 3.18. The molecule has 2 aromatic rings. The summed E-state index contributed by atoms with van der Waals surface area (Å²) in [5.41, 5.74) is 0. The first-order chi connectivity index (χ1) is 11.4. The van der Waals surface area contributed by atoms with E-state index in [1.807, 2.05) is 18.2 Å². The van der Waals surface area contributed by atoms with Gasteiger partial charge in [0.15, 0.2) is 6.61 Å². The maximum Gasteiger partial charge on any atom is 0.321 e. The molecule has 0 aromatic heterocycles. The fourth-order valence-electron chi connectivity index (χ4n) is 2.02. The van der Waals surface area contributed by atoms with Crippen LogP contribution in [-0.4, -0.2) is 40.0 Å². The van der Waals surface area contributed by atoms with E-state index in [-0.39, 0.29) is 4.90 Å². The monoisotopic (exact) mass is 350 g/mol. The van der Waals surface area contributed by atoms with Gasteiger partial charge in [0, 0.05) is 6.54 Å². The molecule has 2 aromatic carbocycles. The third-order valence-corrected chi connectivity index (χ3v) is 4.57. The average molecular weight is 350 g/mol. The molecule has 0 saturated heterocycles. The van der Waals surface area contributed by atoms with Crippen molar-refractivity contribution in [3.63, 3.8) is 0 Å². The quantitative estimate of drug-likeness (QED) is 0.719. The first kappa shape index (κ1) is 17.9. The Morgan fingerprint density at radius 2 is 1.79 bits per heavy atom. The summed E-state index contributed by atoms with van der Waals surface area (Å²) in [6.45, 7) is 1.17. The Morgan fingerprint density at radius 3 is 2.50 bits per heavy atom. The summed E-state index contributed by atoms with van der Waals surface area (Å²) in [7, 11) is -3.85. The topological polar surface area (TPSA) is 102 Å². The first-order valence-corrected chi connectivity index (χ1v) is 8.81. The van der Waals surface area contributed by atoms with E-state index in [0.717, 1.165) is 10.8 Å². The molecule has 2 N–H and O–H groups in total. The lowest BCUT2D eigenvalue weighted by Gasteiger charge is -2.08. The minimum absolute atomic E-state index is 0.0535. The molecule has 0 unspecified atom stereocenters. The number of esters is 1. The number of carbonyl (C=O) groups excluding carboxylic acids is 2. The molecule has 24 heavy (non-hydrogen) atoms. The van der Waals surface area contributed by atoms with Crippen LogP contribution in [-0.2, 0) is 24.3 Å². The lowest BCUT2D eigenvalue weighted by molar-refractivity contribution is -0.147. The zero-order valence-electron chi connectivity index (χ0n) is 13.1. The molecule has 0 aliphatic rings.